The Morgan fingerprint density at radius 2 is 1.64 bits per heavy atom. The molecule has 0 saturated carbocycles. The summed E-state index contributed by atoms with van der Waals surface area (Å²) in [6.07, 6.45) is 1.56. The van der Waals surface area contributed by atoms with Crippen molar-refractivity contribution in [3.05, 3.63) is 65.2 Å². The van der Waals surface area contributed by atoms with Gasteiger partial charge in [0.1, 0.15) is 11.9 Å². The average Bonchev–Trinajstić information content (AvgIpc) is 2.59. The second kappa shape index (κ2) is 7.59. The lowest BCUT2D eigenvalue weighted by molar-refractivity contribution is 0.0690. The van der Waals surface area contributed by atoms with Crippen molar-refractivity contribution < 1.29 is 14.6 Å². The van der Waals surface area contributed by atoms with Crippen LogP contribution in [0.4, 0.5) is 0 Å². The summed E-state index contributed by atoms with van der Waals surface area (Å²) in [4.78, 5) is 12.0. The number of hydrogen-bond donors (Lipinski definition) is 2. The fourth-order valence-electron chi connectivity index (χ4n) is 4.76. The molecule has 4 heteroatoms. The Bertz CT molecular complexity index is 826. The highest BCUT2D eigenvalue weighted by molar-refractivity contribution is 5.90. The van der Waals surface area contributed by atoms with Crippen molar-refractivity contribution >= 4 is 5.97 Å². The van der Waals surface area contributed by atoms with E-state index in [4.69, 9.17) is 4.74 Å². The number of hydrogen-bond acceptors (Lipinski definition) is 3. The van der Waals surface area contributed by atoms with Crippen LogP contribution in [-0.4, -0.2) is 22.2 Å². The number of rotatable bonds is 5. The molecule has 28 heavy (non-hydrogen) atoms. The molecule has 2 aromatic carbocycles. The van der Waals surface area contributed by atoms with E-state index in [1.807, 2.05) is 43.3 Å². The summed E-state index contributed by atoms with van der Waals surface area (Å²) in [6, 6.07) is 15.4. The Labute approximate surface area is 167 Å². The van der Waals surface area contributed by atoms with Gasteiger partial charge in [-0.25, -0.2) is 4.79 Å². The minimum Gasteiger partial charge on any atom is -0.486 e. The SMILES string of the molecule is CC(Oc1cccc(C(=O)O)c1C1CC(C)(C)NC(C)(C)C1)c1ccccc1. The van der Waals surface area contributed by atoms with Crippen molar-refractivity contribution in [1.29, 1.82) is 0 Å². The summed E-state index contributed by atoms with van der Waals surface area (Å²) in [5.41, 5.74) is 2.07. The number of ether oxygens (including phenoxy) is 1. The predicted molar refractivity (Wildman–Crippen MR) is 112 cm³/mol. The van der Waals surface area contributed by atoms with Crippen LogP contribution >= 0.6 is 0 Å². The Hall–Kier alpha value is -2.33. The van der Waals surface area contributed by atoms with E-state index in [0.29, 0.717) is 11.3 Å². The molecule has 0 bridgehead atoms. The van der Waals surface area contributed by atoms with E-state index in [-0.39, 0.29) is 23.1 Å². The molecule has 1 unspecified atom stereocenters. The molecule has 0 radical (unpaired) electrons. The van der Waals surface area contributed by atoms with Crippen LogP contribution in [0.25, 0.3) is 0 Å². The van der Waals surface area contributed by atoms with Crippen LogP contribution in [-0.2, 0) is 0 Å². The second-order valence-electron chi connectivity index (χ2n) is 9.19. The molecule has 2 N–H and O–H groups in total. The van der Waals surface area contributed by atoms with Gasteiger partial charge in [0.05, 0.1) is 5.56 Å². The molecule has 1 saturated heterocycles. The summed E-state index contributed by atoms with van der Waals surface area (Å²) in [7, 11) is 0. The highest BCUT2D eigenvalue weighted by Gasteiger charge is 2.40. The molecule has 150 valence electrons. The van der Waals surface area contributed by atoms with Crippen LogP contribution in [0.3, 0.4) is 0 Å². The van der Waals surface area contributed by atoms with Gasteiger partial charge in [0, 0.05) is 16.6 Å². The van der Waals surface area contributed by atoms with Crippen molar-refractivity contribution in [3.63, 3.8) is 0 Å². The molecule has 0 aromatic heterocycles. The molecule has 1 aliphatic rings. The Morgan fingerprint density at radius 1 is 1.04 bits per heavy atom. The first kappa shape index (κ1) is 20.4. The number of carboxylic acid groups (broad SMARTS) is 1. The van der Waals surface area contributed by atoms with E-state index < -0.39 is 5.97 Å². The zero-order valence-electron chi connectivity index (χ0n) is 17.5. The standard InChI is InChI=1S/C24H31NO3/c1-16(17-10-7-6-8-11-17)28-20-13-9-12-19(22(26)27)21(20)18-14-23(2,3)25-24(4,5)15-18/h6-13,16,18,25H,14-15H2,1-5H3,(H,26,27). The molecule has 3 rings (SSSR count). The van der Waals surface area contributed by atoms with Gasteiger partial charge >= 0.3 is 5.97 Å². The number of carbonyl (C=O) groups is 1. The summed E-state index contributed by atoms with van der Waals surface area (Å²) in [5.74, 6) is -0.117. The maximum atomic E-state index is 12.0. The van der Waals surface area contributed by atoms with E-state index in [0.717, 1.165) is 24.0 Å². The topological polar surface area (TPSA) is 58.6 Å². The summed E-state index contributed by atoms with van der Waals surface area (Å²) in [5, 5.41) is 13.5. The average molecular weight is 382 g/mol. The number of carboxylic acids is 1. The number of aromatic carboxylic acids is 1. The molecular weight excluding hydrogens is 350 g/mol. The highest BCUT2D eigenvalue weighted by atomic mass is 16.5. The zero-order valence-corrected chi connectivity index (χ0v) is 17.5. The van der Waals surface area contributed by atoms with E-state index >= 15 is 0 Å². The first-order valence-corrected chi connectivity index (χ1v) is 9.95. The van der Waals surface area contributed by atoms with Gasteiger partial charge in [0.15, 0.2) is 0 Å². The van der Waals surface area contributed by atoms with Crippen LogP contribution in [0.2, 0.25) is 0 Å². The Kier molecular flexibility index (Phi) is 5.53. The van der Waals surface area contributed by atoms with E-state index in [1.165, 1.54) is 0 Å². The Morgan fingerprint density at radius 3 is 2.21 bits per heavy atom. The molecule has 2 aromatic rings. The van der Waals surface area contributed by atoms with Crippen molar-refractivity contribution in [2.75, 3.05) is 0 Å². The first-order valence-electron chi connectivity index (χ1n) is 9.95. The fourth-order valence-corrected chi connectivity index (χ4v) is 4.76. The van der Waals surface area contributed by atoms with Crippen molar-refractivity contribution in [2.24, 2.45) is 0 Å². The number of benzene rings is 2. The molecule has 1 heterocycles. The maximum absolute atomic E-state index is 12.0. The van der Waals surface area contributed by atoms with E-state index in [1.54, 1.807) is 12.1 Å². The van der Waals surface area contributed by atoms with E-state index in [9.17, 15) is 9.90 Å². The van der Waals surface area contributed by atoms with Gasteiger partial charge in [0.2, 0.25) is 0 Å². The molecule has 0 amide bonds. The summed E-state index contributed by atoms with van der Waals surface area (Å²) in [6.45, 7) is 10.7. The molecule has 0 spiro atoms. The van der Waals surface area contributed by atoms with Crippen molar-refractivity contribution in [3.8, 4) is 5.75 Å². The van der Waals surface area contributed by atoms with Gasteiger partial charge in [-0.05, 0) is 71.1 Å². The minimum absolute atomic E-state index is 0.0830. The van der Waals surface area contributed by atoms with Crippen LogP contribution in [0.1, 0.15) is 81.0 Å². The molecule has 4 nitrogen and oxygen atoms in total. The summed E-state index contributed by atoms with van der Waals surface area (Å²) < 4.78 is 6.33. The first-order chi connectivity index (χ1) is 13.1. The molecule has 1 atom stereocenters. The van der Waals surface area contributed by atoms with Gasteiger partial charge in [-0.15, -0.1) is 0 Å². The normalized spacial score (nSPS) is 19.8. The minimum atomic E-state index is -0.901. The lowest BCUT2D eigenvalue weighted by atomic mass is 9.72. The van der Waals surface area contributed by atoms with Crippen LogP contribution in [0.15, 0.2) is 48.5 Å². The second-order valence-corrected chi connectivity index (χ2v) is 9.19. The third-order valence-corrected chi connectivity index (χ3v) is 5.47. The fraction of sp³-hybridized carbons (Fsp3) is 0.458. The van der Waals surface area contributed by atoms with Crippen molar-refractivity contribution in [1.82, 2.24) is 5.32 Å². The monoisotopic (exact) mass is 381 g/mol. The van der Waals surface area contributed by atoms with Gasteiger partial charge in [-0.1, -0.05) is 36.4 Å². The molecular formula is C24H31NO3. The maximum Gasteiger partial charge on any atom is 0.336 e. The predicted octanol–water partition coefficient (Wildman–Crippen LogP) is 5.55. The summed E-state index contributed by atoms with van der Waals surface area (Å²) >= 11 is 0. The zero-order chi connectivity index (χ0) is 20.5. The highest BCUT2D eigenvalue weighted by Crippen LogP contribution is 2.44. The van der Waals surface area contributed by atoms with Gasteiger partial charge in [-0.3, -0.25) is 0 Å². The van der Waals surface area contributed by atoms with Crippen LogP contribution < -0.4 is 10.1 Å². The molecule has 1 fully saturated rings. The largest absolute Gasteiger partial charge is 0.486 e. The lowest BCUT2D eigenvalue weighted by Gasteiger charge is -2.47. The van der Waals surface area contributed by atoms with Gasteiger partial charge < -0.3 is 15.2 Å². The third kappa shape index (κ3) is 4.56. The van der Waals surface area contributed by atoms with Crippen molar-refractivity contribution in [2.45, 2.75) is 70.6 Å². The quantitative estimate of drug-likeness (QED) is 0.713. The van der Waals surface area contributed by atoms with Gasteiger partial charge in [-0.2, -0.15) is 0 Å². The lowest BCUT2D eigenvalue weighted by Crippen LogP contribution is -2.57. The van der Waals surface area contributed by atoms with Crippen LogP contribution in [0.5, 0.6) is 5.75 Å². The number of nitrogens with one attached hydrogen (secondary N) is 1. The van der Waals surface area contributed by atoms with Crippen LogP contribution in [0, 0.1) is 0 Å². The smallest absolute Gasteiger partial charge is 0.336 e. The van der Waals surface area contributed by atoms with E-state index in [2.05, 4.69) is 33.0 Å². The molecule has 0 aliphatic carbocycles. The molecule has 1 aliphatic heterocycles. The third-order valence-electron chi connectivity index (χ3n) is 5.47. The number of piperidine rings is 1. The Balaban J connectivity index is 2.02. The van der Waals surface area contributed by atoms with Gasteiger partial charge in [0.25, 0.3) is 0 Å².